The maximum Gasteiger partial charge on any atom is 0.222 e. The van der Waals surface area contributed by atoms with Gasteiger partial charge in [0, 0.05) is 26.6 Å². The molecule has 0 unspecified atom stereocenters. The van der Waals surface area contributed by atoms with Gasteiger partial charge in [-0.3, -0.25) is 0 Å². The van der Waals surface area contributed by atoms with Crippen molar-refractivity contribution in [1.82, 2.24) is 9.97 Å². The molecule has 0 aliphatic carbocycles. The average Bonchev–Trinajstić information content (AvgIpc) is 2.58. The standard InChI is InChI=1S/C16H9Cl2IN4O/c17-10-7-6-9-12-11(15(18)22-16(20)21-12)19-23-13(9)14(10)24-8-4-2-1-3-5-8/h1-7H,(H2,20,21,22). The molecule has 0 bridgehead atoms. The van der Waals surface area contributed by atoms with Crippen LogP contribution >= 0.6 is 44.2 Å². The van der Waals surface area contributed by atoms with E-state index in [2.05, 4.69) is 13.1 Å². The van der Waals surface area contributed by atoms with Crippen LogP contribution in [0.1, 0.15) is 0 Å². The number of benzene rings is 2. The Morgan fingerprint density at radius 2 is 1.79 bits per heavy atom. The summed E-state index contributed by atoms with van der Waals surface area (Å²) in [5.41, 5.74) is 7.93. The molecule has 4 rings (SSSR count). The molecule has 1 aliphatic rings. The van der Waals surface area contributed by atoms with Gasteiger partial charge >= 0.3 is 0 Å². The molecule has 0 spiro atoms. The minimum absolute atomic E-state index is 0.135. The molecule has 1 aliphatic heterocycles. The summed E-state index contributed by atoms with van der Waals surface area (Å²) < 4.78 is 11.5. The third-order valence-electron chi connectivity index (χ3n) is 3.34. The first-order chi connectivity index (χ1) is 11.6. The molecule has 0 fully saturated rings. The third-order valence-corrected chi connectivity index (χ3v) is 6.46. The van der Waals surface area contributed by atoms with Gasteiger partial charge in [0.2, 0.25) is 5.95 Å². The summed E-state index contributed by atoms with van der Waals surface area (Å²) in [6.07, 6.45) is 0. The summed E-state index contributed by atoms with van der Waals surface area (Å²) >= 11 is 11.8. The number of rotatable bonds is 2. The van der Waals surface area contributed by atoms with E-state index >= 15 is 0 Å². The van der Waals surface area contributed by atoms with Crippen molar-refractivity contribution in [2.45, 2.75) is 0 Å². The molecule has 2 heterocycles. The van der Waals surface area contributed by atoms with Crippen molar-refractivity contribution in [3.05, 3.63) is 56.2 Å². The van der Waals surface area contributed by atoms with E-state index in [9.17, 15) is 0 Å². The van der Waals surface area contributed by atoms with Gasteiger partial charge in [0.25, 0.3) is 0 Å². The normalized spacial score (nSPS) is 12.1. The van der Waals surface area contributed by atoms with Gasteiger partial charge in [0.15, 0.2) is 5.75 Å². The van der Waals surface area contributed by atoms with Crippen LogP contribution in [0.15, 0.2) is 45.6 Å². The summed E-state index contributed by atoms with van der Waals surface area (Å²) in [4.78, 5) is 8.35. The van der Waals surface area contributed by atoms with E-state index in [1.54, 1.807) is 6.07 Å². The molecular weight excluding hydrogens is 462 g/mol. The number of para-hydroxylation sites is 1. The van der Waals surface area contributed by atoms with Gasteiger partial charge in [-0.05, 0) is 24.3 Å². The Hall–Kier alpha value is -1.77. The van der Waals surface area contributed by atoms with Crippen molar-refractivity contribution in [2.24, 2.45) is 3.15 Å². The first-order valence-electron chi connectivity index (χ1n) is 6.87. The second kappa shape index (κ2) is 6.27. The number of aromatic nitrogens is 2. The molecule has 0 radical (unpaired) electrons. The summed E-state index contributed by atoms with van der Waals surface area (Å²) in [5, 5.41) is 0.849. The molecular formula is C16H9Cl2IN4O. The van der Waals surface area contributed by atoms with Crippen molar-refractivity contribution in [3.63, 3.8) is 0 Å². The number of halogens is 3. The predicted molar refractivity (Wildman–Crippen MR) is 103 cm³/mol. The second-order valence-corrected chi connectivity index (χ2v) is 7.70. The first kappa shape index (κ1) is 15.7. The van der Waals surface area contributed by atoms with Crippen LogP contribution in [-0.2, 0) is 0 Å². The molecule has 0 saturated heterocycles. The Kier molecular flexibility index (Phi) is 4.11. The van der Waals surface area contributed by atoms with Crippen LogP contribution in [0.3, 0.4) is 0 Å². The van der Waals surface area contributed by atoms with Gasteiger partial charge < -0.3 is 10.5 Å². The minimum Gasteiger partial charge on any atom is -0.453 e. The van der Waals surface area contributed by atoms with Crippen LogP contribution in [0.25, 0.3) is 11.3 Å². The smallest absolute Gasteiger partial charge is 0.222 e. The fourth-order valence-corrected chi connectivity index (χ4v) is 4.80. The SMILES string of the molecule is Nc1nc(Cl)c2c(n1)-c1ccc(Cl)c(Oc3ccccc3)c1N=I2. The Balaban J connectivity index is 1.90. The molecule has 120 valence electrons. The molecule has 0 atom stereocenters. The number of nitrogens with two attached hydrogens (primary N) is 1. The van der Waals surface area contributed by atoms with E-state index in [0.29, 0.717) is 33.1 Å². The number of fused-ring (bicyclic) bond motifs is 3. The molecule has 2 N–H and O–H groups in total. The quantitative estimate of drug-likeness (QED) is 0.297. The van der Waals surface area contributed by atoms with Gasteiger partial charge in [-0.2, -0.15) is 0 Å². The van der Waals surface area contributed by atoms with Gasteiger partial charge in [0.1, 0.15) is 16.6 Å². The maximum absolute atomic E-state index is 6.34. The van der Waals surface area contributed by atoms with Gasteiger partial charge in [-0.1, -0.05) is 41.4 Å². The minimum atomic E-state index is -0.760. The number of nitrogens with zero attached hydrogens (tertiary/aromatic N) is 3. The Morgan fingerprint density at radius 3 is 2.58 bits per heavy atom. The van der Waals surface area contributed by atoms with Crippen molar-refractivity contribution in [2.75, 3.05) is 5.73 Å². The molecule has 3 aromatic rings. The number of anilines is 1. The van der Waals surface area contributed by atoms with Crippen molar-refractivity contribution in [3.8, 4) is 22.8 Å². The highest BCUT2D eigenvalue weighted by molar-refractivity contribution is 14.2. The first-order valence-corrected chi connectivity index (χ1v) is 9.67. The van der Waals surface area contributed by atoms with Gasteiger partial charge in [0.05, 0.1) is 14.3 Å². The van der Waals surface area contributed by atoms with Crippen LogP contribution in [-0.4, -0.2) is 9.97 Å². The van der Waals surface area contributed by atoms with Crippen LogP contribution in [0.5, 0.6) is 11.5 Å². The van der Waals surface area contributed by atoms with Crippen molar-refractivity contribution >= 4 is 55.9 Å². The van der Waals surface area contributed by atoms with E-state index in [0.717, 1.165) is 9.13 Å². The lowest BCUT2D eigenvalue weighted by atomic mass is 10.1. The van der Waals surface area contributed by atoms with E-state index in [1.807, 2.05) is 36.4 Å². The van der Waals surface area contributed by atoms with E-state index < -0.39 is 21.0 Å². The van der Waals surface area contributed by atoms with Crippen molar-refractivity contribution in [1.29, 1.82) is 0 Å². The fourth-order valence-electron chi connectivity index (χ4n) is 2.30. The second-order valence-electron chi connectivity index (χ2n) is 4.89. The lowest BCUT2D eigenvalue weighted by molar-refractivity contribution is 0.484. The van der Waals surface area contributed by atoms with Crippen LogP contribution in [0.2, 0.25) is 10.2 Å². The number of ether oxygens (including phenoxy) is 1. The highest BCUT2D eigenvalue weighted by Crippen LogP contribution is 2.51. The molecule has 1 aromatic heterocycles. The van der Waals surface area contributed by atoms with E-state index in [-0.39, 0.29) is 5.95 Å². The Bertz CT molecular complexity index is 980. The molecule has 2 aromatic carbocycles. The van der Waals surface area contributed by atoms with E-state index in [4.69, 9.17) is 33.7 Å². The number of nitrogen functional groups attached to an aromatic ring is 1. The highest BCUT2D eigenvalue weighted by Gasteiger charge is 2.24. The zero-order valence-corrected chi connectivity index (χ0v) is 15.7. The number of hydrogen-bond acceptors (Lipinski definition) is 5. The number of hydrogen-bond donors (Lipinski definition) is 1. The highest BCUT2D eigenvalue weighted by atomic mass is 127. The van der Waals surface area contributed by atoms with Crippen LogP contribution in [0.4, 0.5) is 11.6 Å². The van der Waals surface area contributed by atoms with Crippen LogP contribution in [0, 0.1) is 3.57 Å². The Labute approximate surface area is 158 Å². The van der Waals surface area contributed by atoms with Crippen molar-refractivity contribution < 1.29 is 4.74 Å². The van der Waals surface area contributed by atoms with Gasteiger partial charge in [-0.15, -0.1) is 0 Å². The molecule has 0 saturated carbocycles. The summed E-state index contributed by atoms with van der Waals surface area (Å²) in [6.45, 7) is 0. The summed E-state index contributed by atoms with van der Waals surface area (Å²) in [6, 6.07) is 13.0. The summed E-state index contributed by atoms with van der Waals surface area (Å²) in [5.74, 6) is 1.34. The zero-order chi connectivity index (χ0) is 16.7. The molecule has 24 heavy (non-hydrogen) atoms. The monoisotopic (exact) mass is 470 g/mol. The molecule has 0 amide bonds. The van der Waals surface area contributed by atoms with E-state index in [1.165, 1.54) is 0 Å². The lowest BCUT2D eigenvalue weighted by Crippen LogP contribution is -2.02. The topological polar surface area (TPSA) is 73.4 Å². The van der Waals surface area contributed by atoms with Gasteiger partial charge in [-0.25, -0.2) is 13.1 Å². The molecule has 5 nitrogen and oxygen atoms in total. The zero-order valence-electron chi connectivity index (χ0n) is 12.0. The summed E-state index contributed by atoms with van der Waals surface area (Å²) in [7, 11) is 0. The fraction of sp³-hybridized carbons (Fsp3) is 0. The van der Waals surface area contributed by atoms with Crippen LogP contribution < -0.4 is 10.5 Å². The largest absolute Gasteiger partial charge is 0.453 e. The predicted octanol–water partition coefficient (Wildman–Crippen LogP) is 5.79. The lowest BCUT2D eigenvalue weighted by Gasteiger charge is -2.17. The third kappa shape index (κ3) is 2.74. The molecule has 8 heteroatoms. The average molecular weight is 471 g/mol. The maximum atomic E-state index is 6.34. The Morgan fingerprint density at radius 1 is 1.00 bits per heavy atom.